The van der Waals surface area contributed by atoms with Gasteiger partial charge in [-0.1, -0.05) is 6.42 Å². The summed E-state index contributed by atoms with van der Waals surface area (Å²) in [6.07, 6.45) is 4.06. The summed E-state index contributed by atoms with van der Waals surface area (Å²) < 4.78 is 0. The predicted molar refractivity (Wildman–Crippen MR) is 63.8 cm³/mol. The molecule has 4 heteroatoms. The predicted octanol–water partition coefficient (Wildman–Crippen LogP) is 2.15. The fourth-order valence-electron chi connectivity index (χ4n) is 1.95. The number of likely N-dealkylation sites (tertiary alicyclic amines) is 1. The zero-order valence-electron chi connectivity index (χ0n) is 9.28. The summed E-state index contributed by atoms with van der Waals surface area (Å²) in [5.74, 6) is 0. The molecule has 0 amide bonds. The van der Waals surface area contributed by atoms with E-state index in [1.165, 1.54) is 38.0 Å². The average molecular weight is 225 g/mol. The molecular formula is C11H19N3S. The van der Waals surface area contributed by atoms with Crippen molar-refractivity contribution in [2.75, 3.05) is 13.1 Å². The highest BCUT2D eigenvalue weighted by Crippen LogP contribution is 2.18. The van der Waals surface area contributed by atoms with Crippen molar-refractivity contribution >= 4 is 11.3 Å². The summed E-state index contributed by atoms with van der Waals surface area (Å²) in [6.45, 7) is 5.45. The fourth-order valence-corrected chi connectivity index (χ4v) is 2.72. The van der Waals surface area contributed by atoms with Crippen molar-refractivity contribution in [1.29, 1.82) is 0 Å². The van der Waals surface area contributed by atoms with E-state index in [0.29, 0.717) is 0 Å². The van der Waals surface area contributed by atoms with Crippen LogP contribution < -0.4 is 5.73 Å². The van der Waals surface area contributed by atoms with Gasteiger partial charge in [0.2, 0.25) is 0 Å². The van der Waals surface area contributed by atoms with Crippen LogP contribution in [-0.2, 0) is 6.54 Å². The minimum absolute atomic E-state index is 0.0742. The van der Waals surface area contributed by atoms with Gasteiger partial charge in [0.25, 0.3) is 0 Å². The lowest BCUT2D eigenvalue weighted by molar-refractivity contribution is 0.219. The van der Waals surface area contributed by atoms with E-state index < -0.39 is 0 Å². The Labute approximate surface area is 95.3 Å². The Morgan fingerprint density at radius 3 is 2.80 bits per heavy atom. The van der Waals surface area contributed by atoms with Crippen molar-refractivity contribution in [3.8, 4) is 0 Å². The van der Waals surface area contributed by atoms with Gasteiger partial charge in [-0.2, -0.15) is 0 Å². The molecule has 1 atom stereocenters. The highest BCUT2D eigenvalue weighted by atomic mass is 32.1. The highest BCUT2D eigenvalue weighted by Gasteiger charge is 2.12. The molecule has 1 aromatic rings. The summed E-state index contributed by atoms with van der Waals surface area (Å²) in [5, 5.41) is 3.20. The quantitative estimate of drug-likeness (QED) is 0.857. The van der Waals surface area contributed by atoms with Crippen LogP contribution in [0.25, 0.3) is 0 Å². The second kappa shape index (κ2) is 5.05. The van der Waals surface area contributed by atoms with Gasteiger partial charge in [0.15, 0.2) is 0 Å². The second-order valence-electron chi connectivity index (χ2n) is 4.30. The molecule has 1 unspecified atom stereocenters. The molecule has 2 N–H and O–H groups in total. The van der Waals surface area contributed by atoms with Gasteiger partial charge in [0.05, 0.1) is 11.7 Å². The third kappa shape index (κ3) is 3.00. The first-order valence-corrected chi connectivity index (χ1v) is 6.56. The van der Waals surface area contributed by atoms with Crippen molar-refractivity contribution in [1.82, 2.24) is 9.88 Å². The van der Waals surface area contributed by atoms with Crippen molar-refractivity contribution < 1.29 is 0 Å². The average Bonchev–Trinajstić information content (AvgIpc) is 2.68. The summed E-state index contributed by atoms with van der Waals surface area (Å²) in [7, 11) is 0. The van der Waals surface area contributed by atoms with Crippen LogP contribution in [0.5, 0.6) is 0 Å². The molecule has 2 heterocycles. The molecule has 1 saturated heterocycles. The lowest BCUT2D eigenvalue weighted by Crippen LogP contribution is -2.29. The van der Waals surface area contributed by atoms with Gasteiger partial charge in [-0.3, -0.25) is 4.90 Å². The van der Waals surface area contributed by atoms with Crippen molar-refractivity contribution in [2.45, 2.75) is 38.8 Å². The lowest BCUT2D eigenvalue weighted by atomic mass is 10.1. The third-order valence-corrected chi connectivity index (χ3v) is 3.89. The first kappa shape index (κ1) is 11.0. The molecule has 1 aliphatic rings. The smallest absolute Gasteiger partial charge is 0.109 e. The number of nitrogens with two attached hydrogens (primary N) is 1. The van der Waals surface area contributed by atoms with E-state index >= 15 is 0 Å². The number of thiazole rings is 1. The molecule has 84 valence electrons. The Bertz CT molecular complexity index is 303. The van der Waals surface area contributed by atoms with E-state index in [-0.39, 0.29) is 6.04 Å². The molecule has 0 bridgehead atoms. The van der Waals surface area contributed by atoms with Crippen LogP contribution in [0.4, 0.5) is 0 Å². The maximum atomic E-state index is 5.79. The first-order valence-electron chi connectivity index (χ1n) is 5.68. The number of hydrogen-bond acceptors (Lipinski definition) is 4. The SMILES string of the molecule is CC(N)c1nc(CN2CCCCC2)cs1. The number of rotatable bonds is 3. The molecule has 3 nitrogen and oxygen atoms in total. The number of piperidine rings is 1. The molecule has 0 aliphatic carbocycles. The van der Waals surface area contributed by atoms with Gasteiger partial charge in [-0.25, -0.2) is 4.98 Å². The van der Waals surface area contributed by atoms with Crippen molar-refractivity contribution in [3.63, 3.8) is 0 Å². The van der Waals surface area contributed by atoms with Crippen LogP contribution in [0.2, 0.25) is 0 Å². The summed E-state index contributed by atoms with van der Waals surface area (Å²) in [4.78, 5) is 7.05. The molecular weight excluding hydrogens is 206 g/mol. The van der Waals surface area contributed by atoms with E-state index in [2.05, 4.69) is 15.3 Å². The third-order valence-electron chi connectivity index (χ3n) is 2.79. The molecule has 1 fully saturated rings. The van der Waals surface area contributed by atoms with Crippen LogP contribution in [0.3, 0.4) is 0 Å². The van der Waals surface area contributed by atoms with Crippen LogP contribution in [-0.4, -0.2) is 23.0 Å². The number of nitrogens with zero attached hydrogens (tertiary/aromatic N) is 2. The molecule has 0 spiro atoms. The van der Waals surface area contributed by atoms with E-state index in [0.717, 1.165) is 11.6 Å². The maximum absolute atomic E-state index is 5.79. The second-order valence-corrected chi connectivity index (χ2v) is 5.19. The first-order chi connectivity index (χ1) is 7.25. The van der Waals surface area contributed by atoms with Crippen molar-refractivity contribution in [3.05, 3.63) is 16.1 Å². The van der Waals surface area contributed by atoms with E-state index in [1.807, 2.05) is 6.92 Å². The Kier molecular flexibility index (Phi) is 3.72. The van der Waals surface area contributed by atoms with Gasteiger partial charge in [0.1, 0.15) is 5.01 Å². The maximum Gasteiger partial charge on any atom is 0.109 e. The van der Waals surface area contributed by atoms with Gasteiger partial charge < -0.3 is 5.73 Å². The standard InChI is InChI=1S/C11H19N3S/c1-9(12)11-13-10(8-15-11)7-14-5-3-2-4-6-14/h8-9H,2-7,12H2,1H3. The minimum atomic E-state index is 0.0742. The summed E-state index contributed by atoms with van der Waals surface area (Å²) in [5.41, 5.74) is 6.98. The number of hydrogen-bond donors (Lipinski definition) is 1. The molecule has 2 rings (SSSR count). The summed E-state index contributed by atoms with van der Waals surface area (Å²) in [6, 6.07) is 0.0742. The largest absolute Gasteiger partial charge is 0.322 e. The van der Waals surface area contributed by atoms with Crippen LogP contribution in [0.15, 0.2) is 5.38 Å². The van der Waals surface area contributed by atoms with Crippen LogP contribution >= 0.6 is 11.3 Å². The zero-order chi connectivity index (χ0) is 10.7. The molecule has 0 radical (unpaired) electrons. The van der Waals surface area contributed by atoms with Gasteiger partial charge in [0, 0.05) is 11.9 Å². The van der Waals surface area contributed by atoms with Gasteiger partial charge in [-0.15, -0.1) is 11.3 Å². The molecule has 15 heavy (non-hydrogen) atoms. The van der Waals surface area contributed by atoms with Crippen LogP contribution in [0, 0.1) is 0 Å². The van der Waals surface area contributed by atoms with Gasteiger partial charge in [-0.05, 0) is 32.9 Å². The number of aromatic nitrogens is 1. The topological polar surface area (TPSA) is 42.1 Å². The molecule has 0 saturated carbocycles. The molecule has 0 aromatic carbocycles. The Balaban J connectivity index is 1.91. The monoisotopic (exact) mass is 225 g/mol. The zero-order valence-corrected chi connectivity index (χ0v) is 10.1. The molecule has 1 aliphatic heterocycles. The lowest BCUT2D eigenvalue weighted by Gasteiger charge is -2.25. The Hall–Kier alpha value is -0.450. The van der Waals surface area contributed by atoms with Gasteiger partial charge >= 0.3 is 0 Å². The van der Waals surface area contributed by atoms with E-state index in [9.17, 15) is 0 Å². The minimum Gasteiger partial charge on any atom is -0.322 e. The normalized spacial score (nSPS) is 20.4. The van der Waals surface area contributed by atoms with Crippen LogP contribution in [0.1, 0.15) is 42.9 Å². The fraction of sp³-hybridized carbons (Fsp3) is 0.727. The Morgan fingerprint density at radius 2 is 2.20 bits per heavy atom. The van der Waals surface area contributed by atoms with E-state index in [1.54, 1.807) is 11.3 Å². The van der Waals surface area contributed by atoms with Crippen molar-refractivity contribution in [2.24, 2.45) is 5.73 Å². The summed E-state index contributed by atoms with van der Waals surface area (Å²) >= 11 is 1.68. The molecule has 1 aromatic heterocycles. The Morgan fingerprint density at radius 1 is 1.47 bits per heavy atom. The van der Waals surface area contributed by atoms with E-state index in [4.69, 9.17) is 5.73 Å². The highest BCUT2D eigenvalue weighted by molar-refractivity contribution is 7.09.